The Kier molecular flexibility index (Phi) is 5.94. The van der Waals surface area contributed by atoms with Gasteiger partial charge < -0.3 is 15.7 Å². The zero-order valence-corrected chi connectivity index (χ0v) is 13.3. The van der Waals surface area contributed by atoms with Crippen molar-refractivity contribution in [2.45, 2.75) is 48.4 Å². The number of thioether (sulfide) groups is 1. The highest BCUT2D eigenvalue weighted by molar-refractivity contribution is 8.00. The number of carbonyl (C=O) groups excluding carboxylic acids is 1. The van der Waals surface area contributed by atoms with Gasteiger partial charge in [-0.25, -0.2) is 4.79 Å². The second-order valence-electron chi connectivity index (χ2n) is 5.74. The number of hydrogen-bond acceptors (Lipinski definition) is 3. The number of aliphatic hydroxyl groups is 1. The van der Waals surface area contributed by atoms with Gasteiger partial charge in [-0.3, -0.25) is 0 Å². The molecule has 0 spiro atoms. The lowest BCUT2D eigenvalue weighted by atomic mass is 10.0. The minimum absolute atomic E-state index is 0.198. The second kappa shape index (κ2) is 7.71. The van der Waals surface area contributed by atoms with Crippen molar-refractivity contribution >= 4 is 17.8 Å². The zero-order valence-electron chi connectivity index (χ0n) is 12.5. The topological polar surface area (TPSA) is 61.4 Å². The summed E-state index contributed by atoms with van der Waals surface area (Å²) < 4.78 is 0. The molecule has 2 amide bonds. The third-order valence-electron chi connectivity index (χ3n) is 3.74. The molecule has 1 aromatic rings. The molecule has 0 bridgehead atoms. The monoisotopic (exact) mass is 308 g/mol. The summed E-state index contributed by atoms with van der Waals surface area (Å²) in [5, 5.41) is 16.1. The summed E-state index contributed by atoms with van der Waals surface area (Å²) in [6, 6.07) is 9.95. The van der Waals surface area contributed by atoms with Crippen LogP contribution in [0.15, 0.2) is 35.2 Å². The zero-order chi connectivity index (χ0) is 15.1. The lowest BCUT2D eigenvalue weighted by molar-refractivity contribution is 0.0501. The summed E-state index contributed by atoms with van der Waals surface area (Å²) in [6.07, 6.45) is 3.66. The van der Waals surface area contributed by atoms with Crippen molar-refractivity contribution in [1.82, 2.24) is 10.6 Å². The Hall–Kier alpha value is -1.20. The Morgan fingerprint density at radius 1 is 1.29 bits per heavy atom. The summed E-state index contributed by atoms with van der Waals surface area (Å²) in [5.74, 6) is 0. The van der Waals surface area contributed by atoms with Gasteiger partial charge in [-0.2, -0.15) is 0 Å². The average Bonchev–Trinajstić information content (AvgIpc) is 2.91. The lowest BCUT2D eigenvalue weighted by Crippen LogP contribution is -2.46. The molecule has 1 aliphatic rings. The van der Waals surface area contributed by atoms with Crippen LogP contribution in [0.2, 0.25) is 0 Å². The summed E-state index contributed by atoms with van der Waals surface area (Å²) in [4.78, 5) is 13.0. The van der Waals surface area contributed by atoms with Gasteiger partial charge in [-0.1, -0.05) is 38.0 Å². The third kappa shape index (κ3) is 5.59. The van der Waals surface area contributed by atoms with Gasteiger partial charge in [0.2, 0.25) is 0 Å². The van der Waals surface area contributed by atoms with E-state index in [4.69, 9.17) is 0 Å². The maximum Gasteiger partial charge on any atom is 0.314 e. The van der Waals surface area contributed by atoms with Crippen molar-refractivity contribution in [1.29, 1.82) is 0 Å². The minimum Gasteiger partial charge on any atom is -0.388 e. The van der Waals surface area contributed by atoms with Gasteiger partial charge >= 0.3 is 6.03 Å². The molecule has 1 aliphatic carbocycles. The van der Waals surface area contributed by atoms with E-state index in [-0.39, 0.29) is 6.03 Å². The van der Waals surface area contributed by atoms with E-state index >= 15 is 0 Å². The maximum atomic E-state index is 11.8. The largest absolute Gasteiger partial charge is 0.388 e. The molecule has 3 N–H and O–H groups in total. The first-order valence-electron chi connectivity index (χ1n) is 7.53. The maximum absolute atomic E-state index is 11.8. The molecule has 21 heavy (non-hydrogen) atoms. The van der Waals surface area contributed by atoms with E-state index < -0.39 is 5.60 Å². The Balaban J connectivity index is 1.64. The van der Waals surface area contributed by atoms with Crippen LogP contribution in [-0.2, 0) is 0 Å². The van der Waals surface area contributed by atoms with Crippen molar-refractivity contribution in [3.05, 3.63) is 30.3 Å². The normalized spacial score (nSPS) is 18.2. The van der Waals surface area contributed by atoms with E-state index in [1.54, 1.807) is 11.8 Å². The predicted molar refractivity (Wildman–Crippen MR) is 86.6 cm³/mol. The summed E-state index contributed by atoms with van der Waals surface area (Å²) in [5.41, 5.74) is -0.693. The van der Waals surface area contributed by atoms with Crippen LogP contribution in [0, 0.1) is 0 Å². The van der Waals surface area contributed by atoms with Crippen LogP contribution in [0.4, 0.5) is 4.79 Å². The van der Waals surface area contributed by atoms with Crippen molar-refractivity contribution in [2.24, 2.45) is 0 Å². The Morgan fingerprint density at radius 3 is 2.62 bits per heavy atom. The van der Waals surface area contributed by atoms with Crippen molar-refractivity contribution in [3.63, 3.8) is 0 Å². The van der Waals surface area contributed by atoms with Crippen LogP contribution in [0.5, 0.6) is 0 Å². The number of nitrogens with one attached hydrogen (secondary N) is 2. The van der Waals surface area contributed by atoms with Crippen LogP contribution >= 0.6 is 11.8 Å². The number of amides is 2. The Labute approximate surface area is 130 Å². The molecule has 0 saturated heterocycles. The van der Waals surface area contributed by atoms with Gasteiger partial charge in [0.05, 0.1) is 5.60 Å². The molecule has 1 unspecified atom stereocenters. The van der Waals surface area contributed by atoms with Gasteiger partial charge in [0, 0.05) is 23.2 Å². The standard InChI is InChI=1S/C16H24N2O2S/c1-13(21-14-7-3-2-4-8-14)11-17-15(19)18-12-16(20)9-5-6-10-16/h2-4,7-8,13,20H,5-6,9-12H2,1H3,(H2,17,18,19). The van der Waals surface area contributed by atoms with Gasteiger partial charge in [-0.05, 0) is 25.0 Å². The molecular weight excluding hydrogens is 284 g/mol. The third-order valence-corrected chi connectivity index (χ3v) is 4.86. The summed E-state index contributed by atoms with van der Waals surface area (Å²) in [6.45, 7) is 3.03. The van der Waals surface area contributed by atoms with Crippen LogP contribution in [0.1, 0.15) is 32.6 Å². The fourth-order valence-electron chi connectivity index (χ4n) is 2.53. The molecule has 0 radical (unpaired) electrons. The van der Waals surface area contributed by atoms with Gasteiger partial charge in [0.1, 0.15) is 0 Å². The number of benzene rings is 1. The van der Waals surface area contributed by atoms with Crippen molar-refractivity contribution in [3.8, 4) is 0 Å². The number of carbonyl (C=O) groups is 1. The average molecular weight is 308 g/mol. The predicted octanol–water partition coefficient (Wildman–Crippen LogP) is 2.77. The summed E-state index contributed by atoms with van der Waals surface area (Å²) >= 11 is 1.74. The van der Waals surface area contributed by atoms with Gasteiger partial charge in [0.25, 0.3) is 0 Å². The highest BCUT2D eigenvalue weighted by atomic mass is 32.2. The van der Waals surface area contributed by atoms with E-state index in [0.29, 0.717) is 18.3 Å². The summed E-state index contributed by atoms with van der Waals surface area (Å²) in [7, 11) is 0. The highest BCUT2D eigenvalue weighted by Crippen LogP contribution is 2.28. The van der Waals surface area contributed by atoms with Gasteiger partial charge in [-0.15, -0.1) is 11.8 Å². The second-order valence-corrected chi connectivity index (χ2v) is 7.25. The molecule has 1 atom stereocenters. The number of hydrogen-bond donors (Lipinski definition) is 3. The molecule has 0 heterocycles. The quantitative estimate of drug-likeness (QED) is 0.708. The highest BCUT2D eigenvalue weighted by Gasteiger charge is 2.31. The van der Waals surface area contributed by atoms with Crippen LogP contribution < -0.4 is 10.6 Å². The molecule has 1 saturated carbocycles. The Bertz CT molecular complexity index is 447. The first-order valence-corrected chi connectivity index (χ1v) is 8.41. The van der Waals surface area contributed by atoms with Crippen LogP contribution in [0.25, 0.3) is 0 Å². The van der Waals surface area contributed by atoms with E-state index in [1.165, 1.54) is 4.90 Å². The van der Waals surface area contributed by atoms with E-state index in [0.717, 1.165) is 25.7 Å². The molecule has 0 aliphatic heterocycles. The molecule has 5 heteroatoms. The van der Waals surface area contributed by atoms with Crippen LogP contribution in [-0.4, -0.2) is 35.1 Å². The van der Waals surface area contributed by atoms with Crippen molar-refractivity contribution < 1.29 is 9.90 Å². The first-order chi connectivity index (χ1) is 10.1. The smallest absolute Gasteiger partial charge is 0.314 e. The molecule has 2 rings (SSSR count). The fraction of sp³-hybridized carbons (Fsp3) is 0.562. The fourth-order valence-corrected chi connectivity index (χ4v) is 3.47. The first kappa shape index (κ1) is 16.2. The van der Waals surface area contributed by atoms with Crippen molar-refractivity contribution in [2.75, 3.05) is 13.1 Å². The van der Waals surface area contributed by atoms with Crippen LogP contribution in [0.3, 0.4) is 0 Å². The molecular formula is C16H24N2O2S. The van der Waals surface area contributed by atoms with E-state index in [9.17, 15) is 9.90 Å². The molecule has 1 aromatic carbocycles. The molecule has 4 nitrogen and oxygen atoms in total. The SMILES string of the molecule is CC(CNC(=O)NCC1(O)CCCC1)Sc1ccccc1. The van der Waals surface area contributed by atoms with Gasteiger partial charge in [0.15, 0.2) is 0 Å². The van der Waals surface area contributed by atoms with E-state index in [2.05, 4.69) is 29.7 Å². The molecule has 0 aromatic heterocycles. The Morgan fingerprint density at radius 2 is 1.95 bits per heavy atom. The minimum atomic E-state index is -0.693. The lowest BCUT2D eigenvalue weighted by Gasteiger charge is -2.22. The van der Waals surface area contributed by atoms with E-state index in [1.807, 2.05) is 18.2 Å². The number of rotatable bonds is 6. The molecule has 1 fully saturated rings. The molecule has 116 valence electrons. The number of urea groups is 1.